The van der Waals surface area contributed by atoms with Gasteiger partial charge in [-0.3, -0.25) is 4.79 Å². The Kier molecular flexibility index (Phi) is 9.17. The molecule has 0 radical (unpaired) electrons. The number of amides is 1. The molecule has 1 amide bonds. The zero-order valence-corrected chi connectivity index (χ0v) is 24.7. The second-order valence-corrected chi connectivity index (χ2v) is 12.0. The van der Waals surface area contributed by atoms with E-state index >= 15 is 0 Å². The van der Waals surface area contributed by atoms with Gasteiger partial charge in [0.15, 0.2) is 0 Å². The van der Waals surface area contributed by atoms with Crippen LogP contribution < -0.4 is 21.1 Å². The topological polar surface area (TPSA) is 92.5 Å². The van der Waals surface area contributed by atoms with Crippen molar-refractivity contribution in [3.05, 3.63) is 76.5 Å². The first-order chi connectivity index (χ1) is 19.4. The number of nitrogen functional groups attached to an aromatic ring is 1. The zero-order valence-electron chi connectivity index (χ0n) is 23.8. The molecule has 1 unspecified atom stereocenters. The molecule has 4 N–H and O–H groups in total. The van der Waals surface area contributed by atoms with Gasteiger partial charge in [0.2, 0.25) is 11.8 Å². The number of nitrogens with one attached hydrogen (secondary N) is 2. The minimum atomic E-state index is -0.0937. The van der Waals surface area contributed by atoms with E-state index in [1.165, 1.54) is 24.0 Å². The lowest BCUT2D eigenvalue weighted by molar-refractivity contribution is -0.122. The highest BCUT2D eigenvalue weighted by atomic mass is 32.2. The standard InChI is InChI=1S/C32H41N5O2S/c1-4-34-28-14-13-26(22(3)31(28)33)27(19-30(38)36-25-8-5-6-9-25)23-12-11-21(2)24(18-23)20-37-16-17-39-32-29(40-37)10-7-15-35-32/h7,10-15,18,25,27,34H,4-6,8-9,16-17,19-20,33H2,1-3H3,(H,36,38). The molecule has 2 aromatic carbocycles. The fraction of sp³-hybridized carbons (Fsp3) is 0.438. The number of fused-ring (bicyclic) bond motifs is 1. The summed E-state index contributed by atoms with van der Waals surface area (Å²) in [6.07, 6.45) is 6.69. The van der Waals surface area contributed by atoms with Gasteiger partial charge in [-0.25, -0.2) is 9.29 Å². The molecule has 1 aliphatic heterocycles. The quantitative estimate of drug-likeness (QED) is 0.212. The summed E-state index contributed by atoms with van der Waals surface area (Å²) in [5.74, 6) is 0.712. The SMILES string of the molecule is CCNc1ccc(C(CC(=O)NC2CCCC2)c2ccc(C)c(CN3CCOc4ncccc4S3)c2)c(C)c1N. The van der Waals surface area contributed by atoms with Crippen molar-refractivity contribution in [3.8, 4) is 5.88 Å². The van der Waals surface area contributed by atoms with Gasteiger partial charge in [0.25, 0.3) is 0 Å². The summed E-state index contributed by atoms with van der Waals surface area (Å²) in [6, 6.07) is 15.1. The van der Waals surface area contributed by atoms with Gasteiger partial charge in [0.1, 0.15) is 6.61 Å². The van der Waals surface area contributed by atoms with E-state index in [9.17, 15) is 4.79 Å². The molecule has 0 bridgehead atoms. The number of nitrogens with zero attached hydrogens (tertiary/aromatic N) is 2. The van der Waals surface area contributed by atoms with Crippen LogP contribution in [0.2, 0.25) is 0 Å². The van der Waals surface area contributed by atoms with Crippen LogP contribution in [0.15, 0.2) is 53.6 Å². The zero-order chi connectivity index (χ0) is 28.1. The number of rotatable bonds is 9. The lowest BCUT2D eigenvalue weighted by Gasteiger charge is -2.25. The third-order valence-corrected chi connectivity index (χ3v) is 9.15. The molecule has 0 saturated heterocycles. The fourth-order valence-electron chi connectivity index (χ4n) is 5.78. The Hall–Kier alpha value is -3.23. The maximum atomic E-state index is 13.4. The normalized spacial score (nSPS) is 16.6. The van der Waals surface area contributed by atoms with E-state index in [1.54, 1.807) is 18.1 Å². The number of pyridine rings is 1. The molecule has 2 heterocycles. The van der Waals surface area contributed by atoms with E-state index in [2.05, 4.69) is 77.1 Å². The van der Waals surface area contributed by atoms with Crippen LogP contribution in [0.4, 0.5) is 11.4 Å². The number of benzene rings is 2. The molecular weight excluding hydrogens is 518 g/mol. The van der Waals surface area contributed by atoms with Gasteiger partial charge in [-0.05, 0) is 91.6 Å². The predicted octanol–water partition coefficient (Wildman–Crippen LogP) is 6.19. The number of hydrogen-bond donors (Lipinski definition) is 3. The van der Waals surface area contributed by atoms with Crippen molar-refractivity contribution in [2.75, 3.05) is 30.7 Å². The number of aryl methyl sites for hydroxylation is 1. The predicted molar refractivity (Wildman–Crippen MR) is 164 cm³/mol. The molecule has 5 rings (SSSR count). The minimum absolute atomic E-state index is 0.0937. The molecule has 7 nitrogen and oxygen atoms in total. The van der Waals surface area contributed by atoms with E-state index in [-0.39, 0.29) is 11.8 Å². The third-order valence-electron chi connectivity index (χ3n) is 8.07. The minimum Gasteiger partial charge on any atom is -0.475 e. The average molecular weight is 560 g/mol. The summed E-state index contributed by atoms with van der Waals surface area (Å²) in [6.45, 7) is 9.25. The van der Waals surface area contributed by atoms with E-state index in [1.807, 2.05) is 6.07 Å². The lowest BCUT2D eigenvalue weighted by Crippen LogP contribution is -2.33. The molecule has 1 atom stereocenters. The second kappa shape index (κ2) is 13.0. The number of carbonyl (C=O) groups excluding carboxylic acids is 1. The molecule has 1 aliphatic carbocycles. The van der Waals surface area contributed by atoms with E-state index in [4.69, 9.17) is 10.5 Å². The number of ether oxygens (including phenoxy) is 1. The van der Waals surface area contributed by atoms with Gasteiger partial charge in [-0.2, -0.15) is 0 Å². The van der Waals surface area contributed by atoms with E-state index in [0.717, 1.165) is 65.4 Å². The molecule has 3 aromatic rings. The molecule has 40 heavy (non-hydrogen) atoms. The molecule has 2 aliphatic rings. The van der Waals surface area contributed by atoms with Crippen LogP contribution in [0.1, 0.15) is 72.8 Å². The molecule has 8 heteroatoms. The van der Waals surface area contributed by atoms with Gasteiger partial charge in [-0.15, -0.1) is 0 Å². The maximum absolute atomic E-state index is 13.4. The number of aromatic nitrogens is 1. The Morgan fingerprint density at radius 2 is 2.02 bits per heavy atom. The Balaban J connectivity index is 1.45. The van der Waals surface area contributed by atoms with Crippen molar-refractivity contribution >= 4 is 29.2 Å². The van der Waals surface area contributed by atoms with Crippen molar-refractivity contribution in [1.82, 2.24) is 14.6 Å². The largest absolute Gasteiger partial charge is 0.475 e. The summed E-state index contributed by atoms with van der Waals surface area (Å²) < 4.78 is 8.21. The van der Waals surface area contributed by atoms with Crippen molar-refractivity contribution in [2.24, 2.45) is 0 Å². The fourth-order valence-corrected chi connectivity index (χ4v) is 6.76. The van der Waals surface area contributed by atoms with Gasteiger partial charge < -0.3 is 21.1 Å². The first-order valence-corrected chi connectivity index (χ1v) is 15.2. The molecule has 1 saturated carbocycles. The van der Waals surface area contributed by atoms with Crippen LogP contribution in [-0.4, -0.2) is 40.9 Å². The van der Waals surface area contributed by atoms with Gasteiger partial charge in [0.05, 0.1) is 16.3 Å². The lowest BCUT2D eigenvalue weighted by atomic mass is 9.83. The highest BCUT2D eigenvalue weighted by molar-refractivity contribution is 7.97. The van der Waals surface area contributed by atoms with Gasteiger partial charge in [0, 0.05) is 44.2 Å². The Bertz CT molecular complexity index is 1340. The summed E-state index contributed by atoms with van der Waals surface area (Å²) >= 11 is 1.69. The number of hydrogen-bond acceptors (Lipinski definition) is 7. The second-order valence-electron chi connectivity index (χ2n) is 10.9. The molecule has 0 spiro atoms. The first-order valence-electron chi connectivity index (χ1n) is 14.4. The third kappa shape index (κ3) is 6.56. The number of nitrogens with two attached hydrogens (primary N) is 1. The molecule has 1 aromatic heterocycles. The smallest absolute Gasteiger partial charge is 0.228 e. The average Bonchev–Trinajstić information content (AvgIpc) is 3.36. The van der Waals surface area contributed by atoms with Crippen LogP contribution in [0.25, 0.3) is 0 Å². The van der Waals surface area contributed by atoms with E-state index < -0.39 is 0 Å². The van der Waals surface area contributed by atoms with Crippen LogP contribution >= 0.6 is 11.9 Å². The summed E-state index contributed by atoms with van der Waals surface area (Å²) in [5, 5.41) is 6.67. The first kappa shape index (κ1) is 28.3. The molecule has 212 valence electrons. The Morgan fingerprint density at radius 3 is 2.83 bits per heavy atom. The molecule has 1 fully saturated rings. The summed E-state index contributed by atoms with van der Waals surface area (Å²) in [4.78, 5) is 18.8. The van der Waals surface area contributed by atoms with Crippen molar-refractivity contribution in [3.63, 3.8) is 0 Å². The van der Waals surface area contributed by atoms with E-state index in [0.29, 0.717) is 24.9 Å². The van der Waals surface area contributed by atoms with Gasteiger partial charge >= 0.3 is 0 Å². The number of carbonyl (C=O) groups is 1. The Labute approximate surface area is 242 Å². The Morgan fingerprint density at radius 1 is 1.20 bits per heavy atom. The number of anilines is 2. The van der Waals surface area contributed by atoms with Gasteiger partial charge in [-0.1, -0.05) is 37.1 Å². The maximum Gasteiger partial charge on any atom is 0.228 e. The molecular formula is C32H41N5O2S. The summed E-state index contributed by atoms with van der Waals surface area (Å²) in [5.41, 5.74) is 14.0. The summed E-state index contributed by atoms with van der Waals surface area (Å²) in [7, 11) is 0. The van der Waals surface area contributed by atoms with Crippen LogP contribution in [0, 0.1) is 13.8 Å². The highest BCUT2D eigenvalue weighted by Gasteiger charge is 2.25. The van der Waals surface area contributed by atoms with Crippen LogP contribution in [0.5, 0.6) is 5.88 Å². The monoisotopic (exact) mass is 559 g/mol. The van der Waals surface area contributed by atoms with Crippen molar-refractivity contribution < 1.29 is 9.53 Å². The van der Waals surface area contributed by atoms with Crippen LogP contribution in [0.3, 0.4) is 0 Å². The van der Waals surface area contributed by atoms with Crippen molar-refractivity contribution in [2.45, 2.75) is 76.3 Å². The van der Waals surface area contributed by atoms with Crippen LogP contribution in [-0.2, 0) is 11.3 Å². The highest BCUT2D eigenvalue weighted by Crippen LogP contribution is 2.38. The van der Waals surface area contributed by atoms with Crippen molar-refractivity contribution in [1.29, 1.82) is 0 Å².